The normalized spacial score (nSPS) is 14.4. The highest BCUT2D eigenvalue weighted by Crippen LogP contribution is 2.16. The van der Waals surface area contributed by atoms with Crippen LogP contribution in [-0.2, 0) is 4.79 Å². The lowest BCUT2D eigenvalue weighted by Crippen LogP contribution is -2.51. The first-order chi connectivity index (χ1) is 6.99. The van der Waals surface area contributed by atoms with Gasteiger partial charge >= 0.3 is 0 Å². The largest absolute Gasteiger partial charge is 0.318 e. The second-order valence-corrected chi connectivity index (χ2v) is 3.97. The highest BCUT2D eigenvalue weighted by atomic mass is 16.2. The van der Waals surface area contributed by atoms with E-state index in [2.05, 4.69) is 0 Å². The zero-order valence-corrected chi connectivity index (χ0v) is 9.53. The smallest absolute Gasteiger partial charge is 0.246 e. The molecule has 0 radical (unpaired) electrons. The van der Waals surface area contributed by atoms with Gasteiger partial charge in [-0.25, -0.2) is 0 Å². The Labute approximate surface area is 90.9 Å². The van der Waals surface area contributed by atoms with Gasteiger partial charge in [0.2, 0.25) is 5.91 Å². The molecule has 1 rings (SSSR count). The maximum atomic E-state index is 12.0. The van der Waals surface area contributed by atoms with Crippen molar-refractivity contribution < 1.29 is 4.79 Å². The number of rotatable bonds is 3. The second-order valence-electron chi connectivity index (χ2n) is 3.97. The van der Waals surface area contributed by atoms with Crippen molar-refractivity contribution >= 4 is 11.6 Å². The molecule has 0 spiro atoms. The van der Waals surface area contributed by atoms with Gasteiger partial charge in [-0.15, -0.1) is 0 Å². The van der Waals surface area contributed by atoms with Crippen LogP contribution in [0.5, 0.6) is 0 Å². The molecule has 3 nitrogen and oxygen atoms in total. The van der Waals surface area contributed by atoms with Gasteiger partial charge < -0.3 is 10.6 Å². The van der Waals surface area contributed by atoms with Crippen molar-refractivity contribution in [1.29, 1.82) is 0 Å². The van der Waals surface area contributed by atoms with E-state index < -0.39 is 5.54 Å². The third kappa shape index (κ3) is 2.57. The van der Waals surface area contributed by atoms with E-state index in [0.717, 1.165) is 5.69 Å². The fourth-order valence-electron chi connectivity index (χ4n) is 1.30. The van der Waals surface area contributed by atoms with Gasteiger partial charge in [-0.3, -0.25) is 4.79 Å². The van der Waals surface area contributed by atoms with Gasteiger partial charge in [-0.2, -0.15) is 0 Å². The van der Waals surface area contributed by atoms with E-state index in [1.54, 1.807) is 18.9 Å². The summed E-state index contributed by atoms with van der Waals surface area (Å²) in [5.74, 6) is -0.0591. The molecule has 0 aliphatic heterocycles. The summed E-state index contributed by atoms with van der Waals surface area (Å²) in [5.41, 5.74) is 5.99. The Morgan fingerprint density at radius 1 is 1.40 bits per heavy atom. The fourth-order valence-corrected chi connectivity index (χ4v) is 1.30. The minimum absolute atomic E-state index is 0.0591. The lowest BCUT2D eigenvalue weighted by atomic mass is 9.98. The molecule has 2 N–H and O–H groups in total. The molecule has 0 aromatic heterocycles. The predicted molar refractivity (Wildman–Crippen MR) is 62.7 cm³/mol. The lowest BCUT2D eigenvalue weighted by Gasteiger charge is -2.28. The number of carbonyl (C=O) groups excluding carboxylic acids is 1. The number of amides is 1. The van der Waals surface area contributed by atoms with E-state index in [1.165, 1.54) is 0 Å². The van der Waals surface area contributed by atoms with Gasteiger partial charge in [0.1, 0.15) is 0 Å². The van der Waals surface area contributed by atoms with Crippen LogP contribution in [0.4, 0.5) is 5.69 Å². The van der Waals surface area contributed by atoms with Gasteiger partial charge in [0, 0.05) is 12.7 Å². The van der Waals surface area contributed by atoms with Crippen LogP contribution >= 0.6 is 0 Å². The molecule has 1 amide bonds. The van der Waals surface area contributed by atoms with Gasteiger partial charge in [0.15, 0.2) is 0 Å². The average molecular weight is 206 g/mol. The van der Waals surface area contributed by atoms with Crippen molar-refractivity contribution in [2.75, 3.05) is 11.9 Å². The summed E-state index contributed by atoms with van der Waals surface area (Å²) < 4.78 is 0. The Kier molecular flexibility index (Phi) is 3.48. The van der Waals surface area contributed by atoms with E-state index in [4.69, 9.17) is 5.73 Å². The molecular weight excluding hydrogens is 188 g/mol. The Bertz CT molecular complexity index is 333. The monoisotopic (exact) mass is 206 g/mol. The van der Waals surface area contributed by atoms with E-state index in [9.17, 15) is 4.79 Å². The molecule has 0 heterocycles. The number of benzene rings is 1. The van der Waals surface area contributed by atoms with Gasteiger partial charge in [0.05, 0.1) is 5.54 Å². The molecule has 1 atom stereocenters. The van der Waals surface area contributed by atoms with Crippen molar-refractivity contribution in [3.63, 3.8) is 0 Å². The minimum Gasteiger partial charge on any atom is -0.318 e. The quantitative estimate of drug-likeness (QED) is 0.819. The van der Waals surface area contributed by atoms with Crippen LogP contribution in [0.2, 0.25) is 0 Å². The van der Waals surface area contributed by atoms with Crippen molar-refractivity contribution in [3.05, 3.63) is 30.3 Å². The summed E-state index contributed by atoms with van der Waals surface area (Å²) in [6.07, 6.45) is 0.628. The Morgan fingerprint density at radius 2 is 1.93 bits per heavy atom. The molecule has 0 aliphatic rings. The fraction of sp³-hybridized carbons (Fsp3) is 0.417. The Morgan fingerprint density at radius 3 is 2.40 bits per heavy atom. The molecule has 0 aliphatic carbocycles. The van der Waals surface area contributed by atoms with E-state index in [0.29, 0.717) is 6.42 Å². The molecule has 0 saturated carbocycles. The molecule has 0 bridgehead atoms. The van der Waals surface area contributed by atoms with Crippen molar-refractivity contribution in [3.8, 4) is 0 Å². The highest BCUT2D eigenvalue weighted by Gasteiger charge is 2.29. The Hall–Kier alpha value is -1.35. The molecule has 1 aromatic rings. The number of nitrogens with two attached hydrogens (primary N) is 1. The van der Waals surface area contributed by atoms with Gasteiger partial charge in [-0.1, -0.05) is 25.1 Å². The van der Waals surface area contributed by atoms with Gasteiger partial charge in [0.25, 0.3) is 0 Å². The molecular formula is C12H18N2O. The topological polar surface area (TPSA) is 46.3 Å². The summed E-state index contributed by atoms with van der Waals surface area (Å²) in [4.78, 5) is 13.6. The molecule has 3 heteroatoms. The zero-order chi connectivity index (χ0) is 11.5. The summed E-state index contributed by atoms with van der Waals surface area (Å²) in [6.45, 7) is 3.67. The van der Waals surface area contributed by atoms with Crippen LogP contribution in [0.1, 0.15) is 20.3 Å². The van der Waals surface area contributed by atoms with Gasteiger partial charge in [-0.05, 0) is 25.5 Å². The number of nitrogens with zero attached hydrogens (tertiary/aromatic N) is 1. The molecule has 82 valence electrons. The molecule has 1 aromatic carbocycles. The van der Waals surface area contributed by atoms with Crippen LogP contribution in [-0.4, -0.2) is 18.5 Å². The molecule has 0 fully saturated rings. The number of likely N-dealkylation sites (N-methyl/N-ethyl adjacent to an activating group) is 1. The maximum absolute atomic E-state index is 12.0. The summed E-state index contributed by atoms with van der Waals surface area (Å²) in [5, 5.41) is 0. The van der Waals surface area contributed by atoms with Crippen LogP contribution in [0.3, 0.4) is 0 Å². The number of hydrogen-bond acceptors (Lipinski definition) is 2. The van der Waals surface area contributed by atoms with Crippen LogP contribution in [0.25, 0.3) is 0 Å². The standard InChI is InChI=1S/C12H18N2O/c1-4-12(2,13)11(15)14(3)10-8-6-5-7-9-10/h5-9H,4,13H2,1-3H3. The van der Waals surface area contributed by atoms with Crippen LogP contribution in [0, 0.1) is 0 Å². The number of anilines is 1. The third-order valence-corrected chi connectivity index (χ3v) is 2.67. The number of para-hydroxylation sites is 1. The van der Waals surface area contributed by atoms with E-state index in [-0.39, 0.29) is 5.91 Å². The van der Waals surface area contributed by atoms with Crippen LogP contribution < -0.4 is 10.6 Å². The van der Waals surface area contributed by atoms with Crippen LogP contribution in [0.15, 0.2) is 30.3 Å². The summed E-state index contributed by atoms with van der Waals surface area (Å²) >= 11 is 0. The summed E-state index contributed by atoms with van der Waals surface area (Å²) in [7, 11) is 1.75. The molecule has 15 heavy (non-hydrogen) atoms. The second kappa shape index (κ2) is 4.45. The SMILES string of the molecule is CCC(C)(N)C(=O)N(C)c1ccccc1. The maximum Gasteiger partial charge on any atom is 0.246 e. The van der Waals surface area contributed by atoms with Crippen molar-refractivity contribution in [2.24, 2.45) is 5.73 Å². The zero-order valence-electron chi connectivity index (χ0n) is 9.53. The average Bonchev–Trinajstić information content (AvgIpc) is 2.28. The van der Waals surface area contributed by atoms with E-state index >= 15 is 0 Å². The third-order valence-electron chi connectivity index (χ3n) is 2.67. The first-order valence-electron chi connectivity index (χ1n) is 5.11. The summed E-state index contributed by atoms with van der Waals surface area (Å²) in [6, 6.07) is 9.51. The first-order valence-corrected chi connectivity index (χ1v) is 5.11. The minimum atomic E-state index is -0.787. The predicted octanol–water partition coefficient (Wildman–Crippen LogP) is 1.78. The van der Waals surface area contributed by atoms with Crippen molar-refractivity contribution in [2.45, 2.75) is 25.8 Å². The van der Waals surface area contributed by atoms with Crippen molar-refractivity contribution in [1.82, 2.24) is 0 Å². The number of hydrogen-bond donors (Lipinski definition) is 1. The lowest BCUT2D eigenvalue weighted by molar-refractivity contribution is -0.122. The van der Waals surface area contributed by atoms with E-state index in [1.807, 2.05) is 37.3 Å². The molecule has 0 saturated heterocycles. The first kappa shape index (κ1) is 11.7. The number of carbonyl (C=O) groups is 1. The Balaban J connectivity index is 2.87. The molecule has 1 unspecified atom stereocenters. The highest BCUT2D eigenvalue weighted by molar-refractivity contribution is 5.99.